The van der Waals surface area contributed by atoms with Gasteiger partial charge in [0.05, 0.1) is 19.4 Å². The van der Waals surface area contributed by atoms with Gasteiger partial charge in [-0.2, -0.15) is 5.10 Å². The summed E-state index contributed by atoms with van der Waals surface area (Å²) in [5.74, 6) is -0.323. The van der Waals surface area contributed by atoms with E-state index in [0.717, 1.165) is 5.56 Å². The van der Waals surface area contributed by atoms with Gasteiger partial charge in [-0.05, 0) is 11.6 Å². The van der Waals surface area contributed by atoms with Crippen LogP contribution < -0.4 is 4.74 Å². The molecule has 0 saturated carbocycles. The molecule has 4 nitrogen and oxygen atoms in total. The molecule has 1 aromatic heterocycles. The second kappa shape index (κ2) is 5.64. The lowest BCUT2D eigenvalue weighted by atomic mass is 10.2. The maximum atomic E-state index is 13.5. The Morgan fingerprint density at radius 3 is 2.94 bits per heavy atom. The third-order valence-electron chi connectivity index (χ3n) is 2.61. The second-order valence-corrected chi connectivity index (χ2v) is 4.01. The number of ether oxygens (including phenoxy) is 1. The number of hydrogen-bond donors (Lipinski definition) is 1. The Labute approximate surface area is 105 Å². The van der Waals surface area contributed by atoms with E-state index in [9.17, 15) is 4.39 Å². The number of para-hydroxylation sites is 1. The van der Waals surface area contributed by atoms with Crippen molar-refractivity contribution in [3.05, 3.63) is 47.5 Å². The zero-order valence-corrected chi connectivity index (χ0v) is 10.1. The van der Waals surface area contributed by atoms with Crippen LogP contribution in [0, 0.1) is 5.82 Å². The van der Waals surface area contributed by atoms with Crippen molar-refractivity contribution in [3.8, 4) is 5.75 Å². The SMILES string of the molecule is Cn1cc(CCOc2c(F)cccc2CO)cn1. The first kappa shape index (κ1) is 12.6. The molecule has 5 heteroatoms. The molecule has 2 aromatic rings. The van der Waals surface area contributed by atoms with Crippen LogP contribution in [0.15, 0.2) is 30.6 Å². The van der Waals surface area contributed by atoms with E-state index >= 15 is 0 Å². The fourth-order valence-electron chi connectivity index (χ4n) is 1.71. The minimum Gasteiger partial charge on any atom is -0.490 e. The molecular formula is C13H15FN2O2. The summed E-state index contributed by atoms with van der Waals surface area (Å²) in [5.41, 5.74) is 1.49. The van der Waals surface area contributed by atoms with Crippen LogP contribution in [-0.4, -0.2) is 21.5 Å². The molecule has 0 atom stereocenters. The summed E-state index contributed by atoms with van der Waals surface area (Å²) in [6, 6.07) is 4.51. The zero-order valence-electron chi connectivity index (χ0n) is 10.1. The predicted molar refractivity (Wildman–Crippen MR) is 64.7 cm³/mol. The van der Waals surface area contributed by atoms with E-state index in [2.05, 4.69) is 5.10 Å². The van der Waals surface area contributed by atoms with Crippen molar-refractivity contribution in [2.45, 2.75) is 13.0 Å². The van der Waals surface area contributed by atoms with E-state index < -0.39 is 5.82 Å². The Balaban J connectivity index is 1.98. The molecule has 0 bridgehead atoms. The standard InChI is InChI=1S/C13H15FN2O2/c1-16-8-10(7-15-16)5-6-18-13-11(9-17)3-2-4-12(13)14/h2-4,7-8,17H,5-6,9H2,1H3. The monoisotopic (exact) mass is 250 g/mol. The highest BCUT2D eigenvalue weighted by Gasteiger charge is 2.09. The van der Waals surface area contributed by atoms with Gasteiger partial charge in [0.15, 0.2) is 11.6 Å². The Bertz CT molecular complexity index is 525. The average Bonchev–Trinajstić information content (AvgIpc) is 2.77. The van der Waals surface area contributed by atoms with Crippen molar-refractivity contribution >= 4 is 0 Å². The third kappa shape index (κ3) is 2.87. The molecule has 0 aliphatic rings. The topological polar surface area (TPSA) is 47.3 Å². The van der Waals surface area contributed by atoms with E-state index in [1.165, 1.54) is 6.07 Å². The van der Waals surface area contributed by atoms with Crippen LogP contribution in [0.1, 0.15) is 11.1 Å². The van der Waals surface area contributed by atoms with Gasteiger partial charge in [-0.15, -0.1) is 0 Å². The number of aryl methyl sites for hydroxylation is 1. The molecule has 0 aliphatic carbocycles. The van der Waals surface area contributed by atoms with Crippen LogP contribution in [0.2, 0.25) is 0 Å². The van der Waals surface area contributed by atoms with Gasteiger partial charge in [-0.1, -0.05) is 12.1 Å². The molecule has 2 rings (SSSR count). The van der Waals surface area contributed by atoms with Crippen molar-refractivity contribution in [3.63, 3.8) is 0 Å². The molecule has 1 heterocycles. The quantitative estimate of drug-likeness (QED) is 0.878. The van der Waals surface area contributed by atoms with Crippen LogP contribution in [0.4, 0.5) is 4.39 Å². The van der Waals surface area contributed by atoms with Gasteiger partial charge in [0.1, 0.15) is 0 Å². The van der Waals surface area contributed by atoms with Crippen molar-refractivity contribution in [1.82, 2.24) is 9.78 Å². The van der Waals surface area contributed by atoms with Crippen LogP contribution in [0.3, 0.4) is 0 Å². The van der Waals surface area contributed by atoms with E-state index in [1.807, 2.05) is 13.2 Å². The molecular weight excluding hydrogens is 235 g/mol. The second-order valence-electron chi connectivity index (χ2n) is 4.01. The molecule has 0 aliphatic heterocycles. The molecule has 0 amide bonds. The summed E-state index contributed by atoms with van der Waals surface area (Å²) in [6.45, 7) is 0.111. The molecule has 0 radical (unpaired) electrons. The highest BCUT2D eigenvalue weighted by atomic mass is 19.1. The molecule has 0 unspecified atom stereocenters. The number of aromatic nitrogens is 2. The summed E-state index contributed by atoms with van der Waals surface area (Å²) in [7, 11) is 1.84. The lowest BCUT2D eigenvalue weighted by molar-refractivity contribution is 0.257. The van der Waals surface area contributed by atoms with E-state index in [1.54, 1.807) is 23.0 Å². The molecule has 18 heavy (non-hydrogen) atoms. The van der Waals surface area contributed by atoms with Crippen molar-refractivity contribution in [2.75, 3.05) is 6.61 Å². The maximum absolute atomic E-state index is 13.5. The van der Waals surface area contributed by atoms with Crippen LogP contribution >= 0.6 is 0 Å². The maximum Gasteiger partial charge on any atom is 0.165 e. The van der Waals surface area contributed by atoms with Gasteiger partial charge in [-0.3, -0.25) is 4.68 Å². The molecule has 0 fully saturated rings. The minimum absolute atomic E-state index is 0.129. The van der Waals surface area contributed by atoms with Gasteiger partial charge < -0.3 is 9.84 Å². The van der Waals surface area contributed by atoms with Gasteiger partial charge in [-0.25, -0.2) is 4.39 Å². The Kier molecular flexibility index (Phi) is 3.94. The summed E-state index contributed by atoms with van der Waals surface area (Å²) in [4.78, 5) is 0. The smallest absolute Gasteiger partial charge is 0.165 e. The van der Waals surface area contributed by atoms with Gasteiger partial charge in [0.25, 0.3) is 0 Å². The number of aliphatic hydroxyl groups is 1. The van der Waals surface area contributed by atoms with Gasteiger partial charge in [0, 0.05) is 25.2 Å². The first-order chi connectivity index (χ1) is 8.70. The van der Waals surface area contributed by atoms with E-state index in [-0.39, 0.29) is 12.4 Å². The fourth-order valence-corrected chi connectivity index (χ4v) is 1.71. The van der Waals surface area contributed by atoms with Crippen LogP contribution in [0.25, 0.3) is 0 Å². The predicted octanol–water partition coefficient (Wildman–Crippen LogP) is 1.67. The molecule has 96 valence electrons. The Morgan fingerprint density at radius 1 is 1.44 bits per heavy atom. The Morgan fingerprint density at radius 2 is 2.28 bits per heavy atom. The van der Waals surface area contributed by atoms with Crippen LogP contribution in [0.5, 0.6) is 5.75 Å². The molecule has 0 saturated heterocycles. The summed E-state index contributed by atoms with van der Waals surface area (Å²) in [6.07, 6.45) is 4.28. The number of aliphatic hydroxyl groups excluding tert-OH is 1. The van der Waals surface area contributed by atoms with Crippen molar-refractivity contribution in [2.24, 2.45) is 7.05 Å². The van der Waals surface area contributed by atoms with Crippen LogP contribution in [-0.2, 0) is 20.1 Å². The molecule has 1 N–H and O–H groups in total. The van der Waals surface area contributed by atoms with Crippen molar-refractivity contribution in [1.29, 1.82) is 0 Å². The first-order valence-corrected chi connectivity index (χ1v) is 5.69. The highest BCUT2D eigenvalue weighted by molar-refractivity contribution is 5.34. The number of hydrogen-bond acceptors (Lipinski definition) is 3. The summed E-state index contributed by atoms with van der Waals surface area (Å²) < 4.78 is 20.6. The first-order valence-electron chi connectivity index (χ1n) is 5.69. The van der Waals surface area contributed by atoms with Gasteiger partial charge in [0.2, 0.25) is 0 Å². The lowest BCUT2D eigenvalue weighted by Crippen LogP contribution is -2.05. The number of nitrogens with zero attached hydrogens (tertiary/aromatic N) is 2. The van der Waals surface area contributed by atoms with Crippen molar-refractivity contribution < 1.29 is 14.2 Å². The molecule has 0 spiro atoms. The zero-order chi connectivity index (χ0) is 13.0. The Hall–Kier alpha value is -1.88. The molecule has 1 aromatic carbocycles. The summed E-state index contributed by atoms with van der Waals surface area (Å²) in [5, 5.41) is 13.1. The van der Waals surface area contributed by atoms with Gasteiger partial charge >= 0.3 is 0 Å². The normalized spacial score (nSPS) is 10.6. The van der Waals surface area contributed by atoms with E-state index in [0.29, 0.717) is 18.6 Å². The number of benzene rings is 1. The average molecular weight is 250 g/mol. The number of halogens is 1. The lowest BCUT2D eigenvalue weighted by Gasteiger charge is -2.10. The van der Waals surface area contributed by atoms with E-state index in [4.69, 9.17) is 9.84 Å². The number of rotatable bonds is 5. The fraction of sp³-hybridized carbons (Fsp3) is 0.308. The minimum atomic E-state index is -0.451. The third-order valence-corrected chi connectivity index (χ3v) is 2.61. The highest BCUT2D eigenvalue weighted by Crippen LogP contribution is 2.22. The summed E-state index contributed by atoms with van der Waals surface area (Å²) >= 11 is 0. The largest absolute Gasteiger partial charge is 0.490 e.